The highest BCUT2D eigenvalue weighted by Gasteiger charge is 2.23. The molecule has 3 rings (SSSR count). The van der Waals surface area contributed by atoms with E-state index < -0.39 is 0 Å². The Kier molecular flexibility index (Phi) is 6.04. The third-order valence-electron chi connectivity index (χ3n) is 5.06. The largest absolute Gasteiger partial charge is 0.465 e. The van der Waals surface area contributed by atoms with Gasteiger partial charge in [-0.15, -0.1) is 0 Å². The molecule has 2 aliphatic rings. The lowest BCUT2D eigenvalue weighted by molar-refractivity contribution is -0.131. The molecule has 0 aliphatic carbocycles. The summed E-state index contributed by atoms with van der Waals surface area (Å²) < 4.78 is 4.72. The van der Waals surface area contributed by atoms with Gasteiger partial charge in [-0.1, -0.05) is 12.1 Å². The predicted octanol–water partition coefficient (Wildman–Crippen LogP) is 1.21. The third kappa shape index (κ3) is 4.80. The number of hydrogen-bond acceptors (Lipinski definition) is 5. The summed E-state index contributed by atoms with van der Waals surface area (Å²) in [6.45, 7) is 7.08. The van der Waals surface area contributed by atoms with Crippen LogP contribution in [0.25, 0.3) is 0 Å². The molecule has 0 radical (unpaired) electrons. The Labute approximate surface area is 149 Å². The number of carbonyl (C=O) groups is 2. The van der Waals surface area contributed by atoms with E-state index in [-0.39, 0.29) is 11.9 Å². The first-order chi connectivity index (χ1) is 12.2. The van der Waals surface area contributed by atoms with Gasteiger partial charge in [-0.25, -0.2) is 4.79 Å². The molecule has 0 bridgehead atoms. The topological polar surface area (TPSA) is 53.1 Å². The summed E-state index contributed by atoms with van der Waals surface area (Å²) >= 11 is 0. The van der Waals surface area contributed by atoms with Crippen LogP contribution in [0, 0.1) is 0 Å². The monoisotopic (exact) mass is 345 g/mol. The predicted molar refractivity (Wildman–Crippen MR) is 95.3 cm³/mol. The Morgan fingerprint density at radius 2 is 1.52 bits per heavy atom. The lowest BCUT2D eigenvalue weighted by Gasteiger charge is -2.35. The molecule has 0 saturated carbocycles. The van der Waals surface area contributed by atoms with Crippen LogP contribution < -0.4 is 0 Å². The number of amides is 1. The smallest absolute Gasteiger partial charge is 0.337 e. The van der Waals surface area contributed by atoms with Crippen molar-refractivity contribution in [1.29, 1.82) is 0 Å². The molecule has 1 aromatic rings. The first-order valence-electron chi connectivity index (χ1n) is 9.05. The normalized spacial score (nSPS) is 19.2. The van der Waals surface area contributed by atoms with Crippen LogP contribution >= 0.6 is 0 Å². The minimum atomic E-state index is -0.303. The second kappa shape index (κ2) is 8.45. The fourth-order valence-corrected chi connectivity index (χ4v) is 3.49. The maximum absolute atomic E-state index is 12.2. The summed E-state index contributed by atoms with van der Waals surface area (Å²) in [5.74, 6) is -0.0211. The number of esters is 1. The molecule has 25 heavy (non-hydrogen) atoms. The summed E-state index contributed by atoms with van der Waals surface area (Å²) in [6, 6.07) is 7.59. The van der Waals surface area contributed by atoms with Gasteiger partial charge in [0, 0.05) is 45.8 Å². The molecule has 0 unspecified atom stereocenters. The van der Waals surface area contributed by atoms with E-state index in [0.29, 0.717) is 12.1 Å². The van der Waals surface area contributed by atoms with Crippen LogP contribution in [0.15, 0.2) is 24.3 Å². The van der Waals surface area contributed by atoms with Gasteiger partial charge in [0.2, 0.25) is 5.91 Å². The van der Waals surface area contributed by atoms with Crippen LogP contribution in [-0.4, -0.2) is 79.5 Å². The van der Waals surface area contributed by atoms with E-state index in [9.17, 15) is 9.59 Å². The number of ether oxygens (including phenoxy) is 1. The molecule has 2 aliphatic heterocycles. The zero-order valence-corrected chi connectivity index (χ0v) is 14.9. The molecular weight excluding hydrogens is 318 g/mol. The van der Waals surface area contributed by atoms with Crippen LogP contribution in [0.2, 0.25) is 0 Å². The molecule has 0 atom stereocenters. The summed E-state index contributed by atoms with van der Waals surface area (Å²) in [5, 5.41) is 0. The lowest BCUT2D eigenvalue weighted by atomic mass is 10.1. The van der Waals surface area contributed by atoms with Crippen molar-refractivity contribution in [1.82, 2.24) is 14.7 Å². The highest BCUT2D eigenvalue weighted by molar-refractivity contribution is 5.89. The van der Waals surface area contributed by atoms with Gasteiger partial charge in [-0.2, -0.15) is 0 Å². The Bertz CT molecular complexity index is 588. The third-order valence-corrected chi connectivity index (χ3v) is 5.06. The molecule has 0 N–H and O–H groups in total. The van der Waals surface area contributed by atoms with Crippen LogP contribution in [0.1, 0.15) is 28.8 Å². The number of carbonyl (C=O) groups excluding carboxylic acids is 2. The molecule has 1 amide bonds. The number of hydrogen-bond donors (Lipinski definition) is 0. The van der Waals surface area contributed by atoms with Gasteiger partial charge < -0.3 is 9.64 Å². The second-order valence-corrected chi connectivity index (χ2v) is 6.83. The van der Waals surface area contributed by atoms with E-state index in [1.54, 1.807) is 0 Å². The molecule has 0 spiro atoms. The summed E-state index contributed by atoms with van der Waals surface area (Å²) in [7, 11) is 1.39. The first-order valence-corrected chi connectivity index (χ1v) is 9.05. The molecule has 2 saturated heterocycles. The fourth-order valence-electron chi connectivity index (χ4n) is 3.49. The quantitative estimate of drug-likeness (QED) is 0.751. The van der Waals surface area contributed by atoms with Gasteiger partial charge in [0.25, 0.3) is 0 Å². The first kappa shape index (κ1) is 17.9. The second-order valence-electron chi connectivity index (χ2n) is 6.83. The Balaban J connectivity index is 1.43. The van der Waals surface area contributed by atoms with E-state index >= 15 is 0 Å². The number of rotatable bonds is 5. The van der Waals surface area contributed by atoms with Crippen molar-refractivity contribution in [3.05, 3.63) is 35.4 Å². The minimum Gasteiger partial charge on any atom is -0.465 e. The van der Waals surface area contributed by atoms with Crippen LogP contribution in [0.4, 0.5) is 0 Å². The molecule has 136 valence electrons. The average molecular weight is 345 g/mol. The number of piperazine rings is 1. The van der Waals surface area contributed by atoms with Gasteiger partial charge in [0.1, 0.15) is 0 Å². The van der Waals surface area contributed by atoms with Crippen molar-refractivity contribution < 1.29 is 14.3 Å². The van der Waals surface area contributed by atoms with Crippen LogP contribution in [0.5, 0.6) is 0 Å². The lowest BCUT2D eigenvalue weighted by Crippen LogP contribution is -2.49. The number of benzene rings is 1. The van der Waals surface area contributed by atoms with Gasteiger partial charge in [-0.3, -0.25) is 14.6 Å². The van der Waals surface area contributed by atoms with Gasteiger partial charge >= 0.3 is 5.97 Å². The Morgan fingerprint density at radius 3 is 2.12 bits per heavy atom. The van der Waals surface area contributed by atoms with Crippen LogP contribution in [-0.2, 0) is 16.1 Å². The molecular formula is C19H27N3O3. The van der Waals surface area contributed by atoms with E-state index in [4.69, 9.17) is 4.74 Å². The number of likely N-dealkylation sites (tertiary alicyclic amines) is 1. The summed E-state index contributed by atoms with van der Waals surface area (Å²) in [5.41, 5.74) is 1.77. The summed E-state index contributed by atoms with van der Waals surface area (Å²) in [6.07, 6.45) is 2.29. The highest BCUT2D eigenvalue weighted by atomic mass is 16.5. The van der Waals surface area contributed by atoms with Crippen molar-refractivity contribution in [2.45, 2.75) is 19.4 Å². The Morgan fingerprint density at radius 1 is 0.920 bits per heavy atom. The Hall–Kier alpha value is -1.92. The van der Waals surface area contributed by atoms with E-state index in [0.717, 1.165) is 58.7 Å². The molecule has 6 heteroatoms. The maximum Gasteiger partial charge on any atom is 0.337 e. The summed E-state index contributed by atoms with van der Waals surface area (Å²) in [4.78, 5) is 30.3. The molecule has 2 fully saturated rings. The molecule has 1 aromatic carbocycles. The number of methoxy groups -OCH3 is 1. The SMILES string of the molecule is COC(=O)c1ccc(CN2CCN(CC(=O)N3CCCC3)CC2)cc1. The average Bonchev–Trinajstić information content (AvgIpc) is 3.18. The van der Waals surface area contributed by atoms with Crippen molar-refractivity contribution in [2.75, 3.05) is 52.9 Å². The van der Waals surface area contributed by atoms with Crippen molar-refractivity contribution in [3.8, 4) is 0 Å². The zero-order valence-electron chi connectivity index (χ0n) is 14.9. The number of nitrogens with zero attached hydrogens (tertiary/aromatic N) is 3. The van der Waals surface area contributed by atoms with Gasteiger partial charge in [0.05, 0.1) is 19.2 Å². The van der Waals surface area contributed by atoms with Crippen molar-refractivity contribution >= 4 is 11.9 Å². The molecule has 0 aromatic heterocycles. The minimum absolute atomic E-state index is 0.282. The van der Waals surface area contributed by atoms with Crippen molar-refractivity contribution in [2.24, 2.45) is 0 Å². The van der Waals surface area contributed by atoms with Gasteiger partial charge in [-0.05, 0) is 30.5 Å². The highest BCUT2D eigenvalue weighted by Crippen LogP contribution is 2.12. The van der Waals surface area contributed by atoms with Crippen LogP contribution in [0.3, 0.4) is 0 Å². The standard InChI is InChI=1S/C19H27N3O3/c1-25-19(24)17-6-4-16(5-7-17)14-20-10-12-21(13-11-20)15-18(23)22-8-2-3-9-22/h4-7H,2-3,8-15H2,1H3. The zero-order chi connectivity index (χ0) is 17.6. The molecule has 2 heterocycles. The van der Waals surface area contributed by atoms with E-state index in [1.165, 1.54) is 12.7 Å². The fraction of sp³-hybridized carbons (Fsp3) is 0.579. The van der Waals surface area contributed by atoms with Gasteiger partial charge in [0.15, 0.2) is 0 Å². The van der Waals surface area contributed by atoms with Crippen molar-refractivity contribution in [3.63, 3.8) is 0 Å². The van der Waals surface area contributed by atoms with E-state index in [1.807, 2.05) is 29.2 Å². The maximum atomic E-state index is 12.2. The molecule has 6 nitrogen and oxygen atoms in total. The van der Waals surface area contributed by atoms with E-state index in [2.05, 4.69) is 9.80 Å².